The second-order valence-corrected chi connectivity index (χ2v) is 6.83. The van der Waals surface area contributed by atoms with Crippen molar-refractivity contribution in [2.75, 3.05) is 13.7 Å². The van der Waals surface area contributed by atoms with Gasteiger partial charge >= 0.3 is 0 Å². The molecule has 3 atom stereocenters. The van der Waals surface area contributed by atoms with Crippen molar-refractivity contribution in [3.05, 3.63) is 42.0 Å². The van der Waals surface area contributed by atoms with Gasteiger partial charge in [-0.3, -0.25) is 0 Å². The number of methoxy groups -OCH3 is 1. The Morgan fingerprint density at radius 1 is 1.43 bits per heavy atom. The Balaban J connectivity index is 2.05. The lowest BCUT2D eigenvalue weighted by Gasteiger charge is -2.46. The number of nitrogens with one attached hydrogen (secondary N) is 1. The minimum absolute atomic E-state index is 0.215. The molecule has 2 aliphatic rings. The van der Waals surface area contributed by atoms with E-state index in [9.17, 15) is 0 Å². The van der Waals surface area contributed by atoms with Gasteiger partial charge in [-0.1, -0.05) is 31.9 Å². The van der Waals surface area contributed by atoms with Gasteiger partial charge in [0.05, 0.1) is 7.11 Å². The van der Waals surface area contributed by atoms with E-state index in [4.69, 9.17) is 4.74 Å². The van der Waals surface area contributed by atoms with Crippen LogP contribution in [0.25, 0.3) is 0 Å². The summed E-state index contributed by atoms with van der Waals surface area (Å²) in [5.41, 5.74) is 3.25. The summed E-state index contributed by atoms with van der Waals surface area (Å²) in [6.07, 6.45) is 8.47. The maximum atomic E-state index is 5.47. The van der Waals surface area contributed by atoms with Gasteiger partial charge in [0.25, 0.3) is 0 Å². The molecule has 1 fully saturated rings. The average molecular weight is 285 g/mol. The molecular formula is C19H27NO. The largest absolute Gasteiger partial charge is 0.497 e. The van der Waals surface area contributed by atoms with Gasteiger partial charge in [-0.25, -0.2) is 0 Å². The lowest BCUT2D eigenvalue weighted by Crippen LogP contribution is -2.54. The second kappa shape index (κ2) is 5.84. The van der Waals surface area contributed by atoms with Crippen LogP contribution >= 0.6 is 0 Å². The zero-order valence-corrected chi connectivity index (χ0v) is 13.3. The number of hydrogen-bond acceptors (Lipinski definition) is 2. The fourth-order valence-corrected chi connectivity index (χ4v) is 4.54. The molecule has 0 radical (unpaired) electrons. The Hall–Kier alpha value is -1.28. The lowest BCUT2D eigenvalue weighted by atomic mass is 9.62. The van der Waals surface area contributed by atoms with Crippen LogP contribution < -0.4 is 10.1 Å². The average Bonchev–Trinajstić information content (AvgIpc) is 2.61. The van der Waals surface area contributed by atoms with Crippen molar-refractivity contribution in [1.82, 2.24) is 5.32 Å². The normalized spacial score (nSPS) is 31.1. The van der Waals surface area contributed by atoms with E-state index >= 15 is 0 Å². The molecule has 0 spiro atoms. The fourth-order valence-electron chi connectivity index (χ4n) is 4.54. The molecule has 0 aromatic heterocycles. The Kier molecular flexibility index (Phi) is 4.08. The van der Waals surface area contributed by atoms with E-state index in [0.717, 1.165) is 18.2 Å². The predicted octanol–water partition coefficient (Wildman–Crippen LogP) is 3.84. The monoisotopic (exact) mass is 285 g/mol. The quantitative estimate of drug-likeness (QED) is 0.849. The van der Waals surface area contributed by atoms with Crippen LogP contribution in [0.5, 0.6) is 5.75 Å². The van der Waals surface area contributed by atoms with Crippen LogP contribution in [0.1, 0.15) is 43.7 Å². The third-order valence-electron chi connectivity index (χ3n) is 5.58. The minimum Gasteiger partial charge on any atom is -0.497 e. The summed E-state index contributed by atoms with van der Waals surface area (Å²) >= 11 is 0. The van der Waals surface area contributed by atoms with E-state index in [-0.39, 0.29) is 5.41 Å². The predicted molar refractivity (Wildman–Crippen MR) is 88.0 cm³/mol. The first-order valence-corrected chi connectivity index (χ1v) is 8.20. The number of benzene rings is 1. The summed E-state index contributed by atoms with van der Waals surface area (Å²) in [4.78, 5) is 0. The van der Waals surface area contributed by atoms with Crippen LogP contribution in [0.4, 0.5) is 0 Å². The molecule has 3 unspecified atom stereocenters. The van der Waals surface area contributed by atoms with Crippen LogP contribution in [0.3, 0.4) is 0 Å². The van der Waals surface area contributed by atoms with Gasteiger partial charge in [0.2, 0.25) is 0 Å². The molecule has 21 heavy (non-hydrogen) atoms. The molecule has 2 heteroatoms. The van der Waals surface area contributed by atoms with Crippen LogP contribution in [-0.2, 0) is 11.8 Å². The molecule has 0 heterocycles. The van der Waals surface area contributed by atoms with Crippen LogP contribution in [0, 0.1) is 5.92 Å². The van der Waals surface area contributed by atoms with Crippen molar-refractivity contribution in [2.45, 2.75) is 50.5 Å². The van der Waals surface area contributed by atoms with E-state index in [2.05, 4.69) is 37.0 Å². The summed E-state index contributed by atoms with van der Waals surface area (Å²) in [6, 6.07) is 7.23. The molecule has 3 rings (SSSR count). The van der Waals surface area contributed by atoms with E-state index < -0.39 is 0 Å². The van der Waals surface area contributed by atoms with Crippen LogP contribution in [-0.4, -0.2) is 19.7 Å². The molecule has 2 aliphatic carbocycles. The lowest BCUT2D eigenvalue weighted by molar-refractivity contribution is 0.214. The molecule has 1 aromatic carbocycles. The van der Waals surface area contributed by atoms with Gasteiger partial charge in [0.15, 0.2) is 0 Å². The third-order valence-corrected chi connectivity index (χ3v) is 5.58. The number of rotatable bonds is 4. The highest BCUT2D eigenvalue weighted by Crippen LogP contribution is 2.48. The van der Waals surface area contributed by atoms with Crippen molar-refractivity contribution in [3.8, 4) is 5.75 Å². The number of ether oxygens (including phenoxy) is 1. The van der Waals surface area contributed by atoms with Gasteiger partial charge in [0, 0.05) is 18.0 Å². The molecule has 0 aliphatic heterocycles. The fraction of sp³-hybridized carbons (Fsp3) is 0.579. The third kappa shape index (κ3) is 2.50. The summed E-state index contributed by atoms with van der Waals surface area (Å²) < 4.78 is 5.47. The Labute approximate surface area is 128 Å². The van der Waals surface area contributed by atoms with Gasteiger partial charge in [-0.05, 0) is 48.4 Å². The Morgan fingerprint density at radius 3 is 3.05 bits per heavy atom. The zero-order valence-electron chi connectivity index (χ0n) is 13.3. The molecule has 2 bridgehead atoms. The molecule has 0 amide bonds. The van der Waals surface area contributed by atoms with Gasteiger partial charge in [-0.15, -0.1) is 6.58 Å². The Bertz CT molecular complexity index is 524. The summed E-state index contributed by atoms with van der Waals surface area (Å²) in [7, 11) is 1.76. The highest BCUT2D eigenvalue weighted by Gasteiger charge is 2.46. The molecule has 1 saturated carbocycles. The standard InChI is InChI=1S/C19H27NO/c1-4-11-20-18-15-7-5-6-10-19(18,2)17-13-16(21-3)9-8-14(17)12-15/h4,8-9,13,15,18,20H,1,5-7,10-12H2,2-3H3. The molecule has 0 saturated heterocycles. The highest BCUT2D eigenvalue weighted by atomic mass is 16.5. The molecule has 2 nitrogen and oxygen atoms in total. The second-order valence-electron chi connectivity index (χ2n) is 6.83. The number of fused-ring (bicyclic) bond motifs is 4. The summed E-state index contributed by atoms with van der Waals surface area (Å²) in [6.45, 7) is 7.22. The van der Waals surface area contributed by atoms with Crippen molar-refractivity contribution < 1.29 is 4.74 Å². The van der Waals surface area contributed by atoms with Crippen LogP contribution in [0.2, 0.25) is 0 Å². The molecule has 1 N–H and O–H groups in total. The van der Waals surface area contributed by atoms with Gasteiger partial charge in [-0.2, -0.15) is 0 Å². The number of hydrogen-bond donors (Lipinski definition) is 1. The topological polar surface area (TPSA) is 21.3 Å². The molecule has 1 aromatic rings. The van der Waals surface area contributed by atoms with Crippen molar-refractivity contribution in [3.63, 3.8) is 0 Å². The minimum atomic E-state index is 0.215. The first kappa shape index (κ1) is 14.6. The van der Waals surface area contributed by atoms with E-state index in [1.54, 1.807) is 7.11 Å². The van der Waals surface area contributed by atoms with Gasteiger partial charge in [0.1, 0.15) is 5.75 Å². The first-order valence-electron chi connectivity index (χ1n) is 8.20. The zero-order chi connectivity index (χ0) is 14.9. The van der Waals surface area contributed by atoms with Crippen molar-refractivity contribution in [1.29, 1.82) is 0 Å². The highest BCUT2D eigenvalue weighted by molar-refractivity contribution is 5.44. The molecule has 114 valence electrons. The maximum absolute atomic E-state index is 5.47. The van der Waals surface area contributed by atoms with Crippen molar-refractivity contribution in [2.24, 2.45) is 5.92 Å². The summed E-state index contributed by atoms with van der Waals surface area (Å²) in [5.74, 6) is 1.73. The van der Waals surface area contributed by atoms with E-state index in [1.165, 1.54) is 43.2 Å². The summed E-state index contributed by atoms with van der Waals surface area (Å²) in [5, 5.41) is 3.77. The van der Waals surface area contributed by atoms with Crippen LogP contribution in [0.15, 0.2) is 30.9 Å². The first-order chi connectivity index (χ1) is 10.2. The van der Waals surface area contributed by atoms with Gasteiger partial charge < -0.3 is 10.1 Å². The smallest absolute Gasteiger partial charge is 0.119 e. The van der Waals surface area contributed by atoms with E-state index in [1.807, 2.05) is 6.08 Å². The van der Waals surface area contributed by atoms with E-state index in [0.29, 0.717) is 6.04 Å². The SMILES string of the molecule is C=CCNC1C2CCCCC1(C)c1cc(OC)ccc1C2. The van der Waals surface area contributed by atoms with Crippen molar-refractivity contribution >= 4 is 0 Å². The maximum Gasteiger partial charge on any atom is 0.119 e. The molecular weight excluding hydrogens is 258 g/mol. The Morgan fingerprint density at radius 2 is 2.29 bits per heavy atom.